The van der Waals surface area contributed by atoms with Gasteiger partial charge in [-0.2, -0.15) is 0 Å². The third kappa shape index (κ3) is 3.25. The Kier molecular flexibility index (Phi) is 4.97. The van der Waals surface area contributed by atoms with Crippen LogP contribution in [0.2, 0.25) is 0 Å². The van der Waals surface area contributed by atoms with Crippen LogP contribution in [0.15, 0.2) is 0 Å². The number of methoxy groups -OCH3 is 2. The number of aryl methyl sites for hydroxylation is 1. The summed E-state index contributed by atoms with van der Waals surface area (Å²) in [6.45, 7) is 4.42. The molecule has 7 heteroatoms. The van der Waals surface area contributed by atoms with Gasteiger partial charge in [-0.05, 0) is 25.8 Å². The highest BCUT2D eigenvalue weighted by molar-refractivity contribution is 7.16. The Balaban J connectivity index is 2.14. The molecule has 2 atom stereocenters. The first-order valence-electron chi connectivity index (χ1n) is 6.73. The summed E-state index contributed by atoms with van der Waals surface area (Å²) in [5.41, 5.74) is 1.28. The number of nitrogens with one attached hydrogen (secondary N) is 2. The van der Waals surface area contributed by atoms with Crippen LogP contribution in [0.3, 0.4) is 0 Å². The molecule has 2 rings (SSSR count). The van der Waals surface area contributed by atoms with Crippen LogP contribution in [0.25, 0.3) is 0 Å². The summed E-state index contributed by atoms with van der Waals surface area (Å²) in [5.74, 6) is -0.581. The van der Waals surface area contributed by atoms with Gasteiger partial charge in [-0.1, -0.05) is 0 Å². The molecule has 0 bridgehead atoms. The van der Waals surface area contributed by atoms with Crippen LogP contribution in [-0.4, -0.2) is 44.8 Å². The summed E-state index contributed by atoms with van der Waals surface area (Å²) in [6, 6.07) is -0.303. The molecule has 1 aliphatic rings. The number of hydrogen-bond acceptors (Lipinski definition) is 6. The van der Waals surface area contributed by atoms with Gasteiger partial charge in [0.2, 0.25) is 5.91 Å². The number of amides is 1. The Morgan fingerprint density at radius 1 is 1.33 bits per heavy atom. The molecule has 2 N–H and O–H groups in total. The van der Waals surface area contributed by atoms with E-state index in [9.17, 15) is 9.59 Å². The van der Waals surface area contributed by atoms with Gasteiger partial charge in [0.15, 0.2) is 0 Å². The van der Waals surface area contributed by atoms with E-state index in [2.05, 4.69) is 10.6 Å². The first-order chi connectivity index (χ1) is 9.97. The van der Waals surface area contributed by atoms with Gasteiger partial charge in [0.1, 0.15) is 5.00 Å². The van der Waals surface area contributed by atoms with E-state index in [0.29, 0.717) is 23.5 Å². The molecular formula is C14H20N2O4S. The lowest BCUT2D eigenvalue weighted by molar-refractivity contribution is -0.117. The predicted octanol–water partition coefficient (Wildman–Crippen LogP) is 1.47. The number of rotatable bonds is 4. The quantitative estimate of drug-likeness (QED) is 0.823. The Morgan fingerprint density at radius 2 is 2.05 bits per heavy atom. The zero-order valence-corrected chi connectivity index (χ0v) is 13.4. The number of thiophene rings is 1. The normalized spacial score (nSPS) is 21.3. The molecule has 0 aliphatic carbocycles. The minimum atomic E-state index is -0.429. The Labute approximate surface area is 127 Å². The number of esters is 1. The maximum Gasteiger partial charge on any atom is 0.341 e. The second-order valence-electron chi connectivity index (χ2n) is 5.02. The second-order valence-corrected chi connectivity index (χ2v) is 6.25. The molecule has 2 heterocycles. The highest BCUT2D eigenvalue weighted by Crippen LogP contribution is 2.33. The van der Waals surface area contributed by atoms with Crippen LogP contribution in [0.4, 0.5) is 5.00 Å². The average Bonchev–Trinajstić information content (AvgIpc) is 3.04. The molecule has 1 amide bonds. The smallest absolute Gasteiger partial charge is 0.341 e. The lowest BCUT2D eigenvalue weighted by Gasteiger charge is -2.11. The zero-order chi connectivity index (χ0) is 15.6. The van der Waals surface area contributed by atoms with Crippen molar-refractivity contribution in [3.05, 3.63) is 16.0 Å². The van der Waals surface area contributed by atoms with E-state index in [1.54, 1.807) is 7.11 Å². The third-order valence-corrected chi connectivity index (χ3v) is 4.87. The number of hydrogen-bond donors (Lipinski definition) is 2. The largest absolute Gasteiger partial charge is 0.465 e. The summed E-state index contributed by atoms with van der Waals surface area (Å²) in [6.07, 6.45) is 0.673. The topological polar surface area (TPSA) is 76.7 Å². The van der Waals surface area contributed by atoms with Gasteiger partial charge in [-0.25, -0.2) is 4.79 Å². The maximum absolute atomic E-state index is 12.3. The molecule has 2 unspecified atom stereocenters. The Hall–Kier alpha value is -1.44. The molecule has 6 nitrogen and oxygen atoms in total. The van der Waals surface area contributed by atoms with E-state index in [4.69, 9.17) is 9.47 Å². The van der Waals surface area contributed by atoms with Gasteiger partial charge in [-0.3, -0.25) is 4.79 Å². The molecule has 0 radical (unpaired) electrons. The highest BCUT2D eigenvalue weighted by atomic mass is 32.1. The molecule has 0 spiro atoms. The van der Waals surface area contributed by atoms with Crippen LogP contribution in [0.1, 0.15) is 27.2 Å². The number of carbonyl (C=O) groups excluding carboxylic acids is 2. The van der Waals surface area contributed by atoms with Crippen molar-refractivity contribution < 1.29 is 19.1 Å². The molecule has 116 valence electrons. The summed E-state index contributed by atoms with van der Waals surface area (Å²) in [4.78, 5) is 25.1. The fourth-order valence-corrected chi connectivity index (χ4v) is 3.40. The first kappa shape index (κ1) is 15.9. The van der Waals surface area contributed by atoms with Crippen molar-refractivity contribution >= 4 is 28.2 Å². The number of anilines is 1. The second kappa shape index (κ2) is 6.55. The highest BCUT2D eigenvalue weighted by Gasteiger charge is 2.31. The molecule has 1 aromatic heterocycles. The molecule has 1 saturated heterocycles. The van der Waals surface area contributed by atoms with E-state index >= 15 is 0 Å². The van der Waals surface area contributed by atoms with Crippen LogP contribution >= 0.6 is 11.3 Å². The lowest BCUT2D eigenvalue weighted by atomic mass is 10.1. The zero-order valence-electron chi connectivity index (χ0n) is 12.6. The first-order valence-corrected chi connectivity index (χ1v) is 7.54. The van der Waals surface area contributed by atoms with Crippen LogP contribution < -0.4 is 10.6 Å². The van der Waals surface area contributed by atoms with E-state index < -0.39 is 5.97 Å². The van der Waals surface area contributed by atoms with Gasteiger partial charge in [0, 0.05) is 18.5 Å². The van der Waals surface area contributed by atoms with E-state index in [0.717, 1.165) is 10.4 Å². The predicted molar refractivity (Wildman–Crippen MR) is 81.0 cm³/mol. The minimum Gasteiger partial charge on any atom is -0.465 e. The number of carbonyl (C=O) groups is 2. The molecule has 1 aromatic rings. The Bertz CT molecular complexity index is 555. The van der Waals surface area contributed by atoms with Crippen LogP contribution in [-0.2, 0) is 14.3 Å². The molecule has 1 aliphatic heterocycles. The summed E-state index contributed by atoms with van der Waals surface area (Å²) in [5, 5.41) is 6.49. The number of ether oxygens (including phenoxy) is 2. The summed E-state index contributed by atoms with van der Waals surface area (Å²) in [7, 11) is 2.97. The van der Waals surface area contributed by atoms with Crippen molar-refractivity contribution in [2.75, 3.05) is 26.1 Å². The van der Waals surface area contributed by atoms with Crippen molar-refractivity contribution in [3.8, 4) is 0 Å². The lowest BCUT2D eigenvalue weighted by Crippen LogP contribution is -2.35. The average molecular weight is 312 g/mol. The van der Waals surface area contributed by atoms with Crippen molar-refractivity contribution in [2.24, 2.45) is 0 Å². The van der Waals surface area contributed by atoms with Gasteiger partial charge in [0.25, 0.3) is 0 Å². The third-order valence-electron chi connectivity index (χ3n) is 3.75. The summed E-state index contributed by atoms with van der Waals surface area (Å²) < 4.78 is 10.0. The maximum atomic E-state index is 12.3. The molecular weight excluding hydrogens is 292 g/mol. The molecule has 21 heavy (non-hydrogen) atoms. The Morgan fingerprint density at radius 3 is 2.62 bits per heavy atom. The van der Waals surface area contributed by atoms with Crippen molar-refractivity contribution in [1.29, 1.82) is 0 Å². The van der Waals surface area contributed by atoms with Crippen LogP contribution in [0.5, 0.6) is 0 Å². The van der Waals surface area contributed by atoms with Crippen molar-refractivity contribution in [3.63, 3.8) is 0 Å². The minimum absolute atomic E-state index is 0.0487. The van der Waals surface area contributed by atoms with E-state index in [1.807, 2.05) is 13.8 Å². The molecule has 1 fully saturated rings. The molecule has 0 aromatic carbocycles. The van der Waals surface area contributed by atoms with Gasteiger partial charge < -0.3 is 20.1 Å². The summed E-state index contributed by atoms with van der Waals surface area (Å²) >= 11 is 1.39. The van der Waals surface area contributed by atoms with Crippen LogP contribution in [0, 0.1) is 13.8 Å². The van der Waals surface area contributed by atoms with Crippen molar-refractivity contribution in [1.82, 2.24) is 5.32 Å². The van der Waals surface area contributed by atoms with Gasteiger partial charge in [-0.15, -0.1) is 11.3 Å². The standard InChI is InChI=1S/C14H20N2O4S/c1-7-8(2)21-13(11(7)14(18)20-4)16-12(17)10-5-9(19-3)6-15-10/h9-10,15H,5-6H2,1-4H3,(H,16,17). The van der Waals surface area contributed by atoms with Gasteiger partial charge in [0.05, 0.1) is 24.8 Å². The van der Waals surface area contributed by atoms with E-state index in [1.165, 1.54) is 18.4 Å². The fraction of sp³-hybridized carbons (Fsp3) is 0.571. The SMILES string of the molecule is COC(=O)c1c(NC(=O)C2CC(OC)CN2)sc(C)c1C. The fourth-order valence-electron chi connectivity index (χ4n) is 2.34. The monoisotopic (exact) mass is 312 g/mol. The molecule has 0 saturated carbocycles. The van der Waals surface area contributed by atoms with Gasteiger partial charge >= 0.3 is 5.97 Å². The van der Waals surface area contributed by atoms with Crippen molar-refractivity contribution in [2.45, 2.75) is 32.4 Å². The van der Waals surface area contributed by atoms with E-state index in [-0.39, 0.29) is 18.1 Å².